The summed E-state index contributed by atoms with van der Waals surface area (Å²) in [5.41, 5.74) is 1.59. The number of hydrogen-bond donors (Lipinski definition) is 1. The lowest BCUT2D eigenvalue weighted by Crippen LogP contribution is -2.50. The van der Waals surface area contributed by atoms with Crippen LogP contribution >= 0.6 is 27.5 Å². The number of rotatable bonds is 4. The first-order valence-corrected chi connectivity index (χ1v) is 12.5. The molecule has 0 spiro atoms. The van der Waals surface area contributed by atoms with Gasteiger partial charge in [0.2, 0.25) is 10.0 Å². The number of sulfonamides is 1. The zero-order valence-electron chi connectivity index (χ0n) is 17.4. The number of H-pyrrole nitrogens is 1. The first kappa shape index (κ1) is 23.7. The number of carbonyl (C=O) groups excluding carboxylic acids is 1. The van der Waals surface area contributed by atoms with Crippen molar-refractivity contribution in [3.8, 4) is 22.6 Å². The third-order valence-electron chi connectivity index (χ3n) is 5.29. The van der Waals surface area contributed by atoms with Crippen molar-refractivity contribution in [2.75, 3.05) is 33.3 Å². The van der Waals surface area contributed by atoms with Crippen LogP contribution in [0.15, 0.2) is 52.0 Å². The fourth-order valence-corrected chi connectivity index (χ4v) is 5.67. The number of hydrogen-bond acceptors (Lipinski definition) is 5. The van der Waals surface area contributed by atoms with E-state index in [9.17, 15) is 17.6 Å². The second-order valence-electron chi connectivity index (χ2n) is 7.27. The van der Waals surface area contributed by atoms with Gasteiger partial charge in [-0.3, -0.25) is 0 Å². The summed E-state index contributed by atoms with van der Waals surface area (Å²) in [5, 5.41) is 0.0795. The molecule has 1 amide bonds. The maximum atomic E-state index is 13.9. The number of imidazole rings is 1. The van der Waals surface area contributed by atoms with Crippen LogP contribution in [0.2, 0.25) is 5.02 Å². The Morgan fingerprint density at radius 2 is 1.85 bits per heavy atom. The van der Waals surface area contributed by atoms with E-state index in [0.717, 1.165) is 0 Å². The van der Waals surface area contributed by atoms with Gasteiger partial charge in [0.25, 0.3) is 0 Å². The van der Waals surface area contributed by atoms with E-state index in [1.165, 1.54) is 34.5 Å². The number of aromatic nitrogens is 2. The molecule has 2 aromatic carbocycles. The Kier molecular flexibility index (Phi) is 6.76. The van der Waals surface area contributed by atoms with Gasteiger partial charge in [-0.25, -0.2) is 22.6 Å². The number of methoxy groups -OCH3 is 1. The number of ether oxygens (including phenoxy) is 1. The second-order valence-corrected chi connectivity index (χ2v) is 10.4. The molecule has 1 saturated heterocycles. The number of nitrogens with zero attached hydrogens (tertiary/aromatic N) is 3. The number of amides is 1. The highest BCUT2D eigenvalue weighted by atomic mass is 79.9. The van der Waals surface area contributed by atoms with E-state index in [1.807, 2.05) is 0 Å². The Balaban J connectivity index is 1.60. The lowest BCUT2D eigenvalue weighted by Gasteiger charge is -2.33. The molecule has 3 aromatic rings. The minimum absolute atomic E-state index is 0.0548. The molecule has 2 heterocycles. The molecule has 0 atom stereocenters. The van der Waals surface area contributed by atoms with Crippen molar-refractivity contribution in [2.24, 2.45) is 0 Å². The van der Waals surface area contributed by atoms with E-state index in [4.69, 9.17) is 11.6 Å². The topological polar surface area (TPSA) is 95.6 Å². The second kappa shape index (κ2) is 9.41. The maximum absolute atomic E-state index is 13.9. The van der Waals surface area contributed by atoms with Gasteiger partial charge in [0.1, 0.15) is 16.5 Å². The summed E-state index contributed by atoms with van der Waals surface area (Å²) in [6, 6.07) is 9.27. The van der Waals surface area contributed by atoms with E-state index in [2.05, 4.69) is 30.6 Å². The molecule has 1 fully saturated rings. The summed E-state index contributed by atoms with van der Waals surface area (Å²) < 4.78 is 46.7. The first-order valence-electron chi connectivity index (χ1n) is 9.84. The zero-order valence-corrected chi connectivity index (χ0v) is 20.5. The number of nitrogens with one attached hydrogen (secondary N) is 1. The Morgan fingerprint density at radius 1 is 1.15 bits per heavy atom. The molecule has 12 heteroatoms. The van der Waals surface area contributed by atoms with E-state index < -0.39 is 21.9 Å². The maximum Gasteiger partial charge on any atom is 0.409 e. The van der Waals surface area contributed by atoms with Gasteiger partial charge < -0.3 is 14.6 Å². The van der Waals surface area contributed by atoms with Gasteiger partial charge in [-0.1, -0.05) is 17.7 Å². The van der Waals surface area contributed by atoms with Crippen molar-refractivity contribution in [1.29, 1.82) is 0 Å². The Bertz CT molecular complexity index is 1310. The summed E-state index contributed by atoms with van der Waals surface area (Å²) in [4.78, 5) is 20.5. The molecule has 1 aliphatic heterocycles. The van der Waals surface area contributed by atoms with Crippen LogP contribution < -0.4 is 0 Å². The van der Waals surface area contributed by atoms with E-state index in [-0.39, 0.29) is 36.1 Å². The molecule has 0 unspecified atom stereocenters. The molecule has 0 saturated carbocycles. The van der Waals surface area contributed by atoms with Gasteiger partial charge in [-0.15, -0.1) is 0 Å². The molecular weight excluding hydrogens is 539 g/mol. The minimum Gasteiger partial charge on any atom is -0.453 e. The van der Waals surface area contributed by atoms with Crippen LogP contribution in [0.25, 0.3) is 22.6 Å². The summed E-state index contributed by atoms with van der Waals surface area (Å²) >= 11 is 9.38. The molecule has 0 radical (unpaired) electrons. The predicted octanol–water partition coefficient (Wildman–Crippen LogP) is 4.37. The van der Waals surface area contributed by atoms with E-state index >= 15 is 0 Å². The minimum atomic E-state index is -3.91. The van der Waals surface area contributed by atoms with Gasteiger partial charge in [-0.05, 0) is 46.3 Å². The monoisotopic (exact) mass is 556 g/mol. The third kappa shape index (κ3) is 4.77. The molecule has 33 heavy (non-hydrogen) atoms. The van der Waals surface area contributed by atoms with Crippen LogP contribution in [0, 0.1) is 5.82 Å². The van der Waals surface area contributed by atoms with Crippen LogP contribution in [0.3, 0.4) is 0 Å². The summed E-state index contributed by atoms with van der Waals surface area (Å²) in [7, 11) is -2.63. The van der Waals surface area contributed by atoms with Crippen molar-refractivity contribution in [1.82, 2.24) is 19.2 Å². The fraction of sp³-hybridized carbons (Fsp3) is 0.238. The molecule has 0 bridgehead atoms. The van der Waals surface area contributed by atoms with Gasteiger partial charge in [0.15, 0.2) is 0 Å². The van der Waals surface area contributed by atoms with Crippen molar-refractivity contribution in [3.05, 3.63) is 57.9 Å². The van der Waals surface area contributed by atoms with Gasteiger partial charge in [-0.2, -0.15) is 4.31 Å². The Labute approximate surface area is 203 Å². The number of aromatic amines is 1. The quantitative estimate of drug-likeness (QED) is 0.514. The fourth-order valence-electron chi connectivity index (χ4n) is 3.50. The highest BCUT2D eigenvalue weighted by Crippen LogP contribution is 2.31. The summed E-state index contributed by atoms with van der Waals surface area (Å²) in [6.07, 6.45) is 1.12. The lowest BCUT2D eigenvalue weighted by atomic mass is 10.2. The van der Waals surface area contributed by atoms with E-state index in [0.29, 0.717) is 27.1 Å². The predicted molar refractivity (Wildman–Crippen MR) is 125 cm³/mol. The molecule has 4 rings (SSSR count). The summed E-state index contributed by atoms with van der Waals surface area (Å²) in [5.74, 6) is 0.00109. The summed E-state index contributed by atoms with van der Waals surface area (Å²) in [6.45, 7) is 0.680. The van der Waals surface area contributed by atoms with Crippen LogP contribution in [-0.2, 0) is 14.8 Å². The zero-order chi connectivity index (χ0) is 23.8. The molecule has 1 N–H and O–H groups in total. The Morgan fingerprint density at radius 3 is 2.52 bits per heavy atom. The largest absolute Gasteiger partial charge is 0.453 e. The number of halogens is 3. The van der Waals surface area contributed by atoms with Crippen LogP contribution in [-0.4, -0.2) is 67.0 Å². The van der Waals surface area contributed by atoms with Crippen molar-refractivity contribution in [2.45, 2.75) is 4.90 Å². The lowest BCUT2D eigenvalue weighted by molar-refractivity contribution is 0.108. The van der Waals surface area contributed by atoms with Gasteiger partial charge in [0.05, 0.1) is 22.3 Å². The standard InChI is InChI=1S/C21H19BrClFN4O4S/c1-32-21(29)27-6-8-28(9-7-27)33(30,31)19-11-14(3-5-16(19)23)20-25-12-18(26-20)13-2-4-15(22)17(24)10-13/h2-5,10-12H,6-9H2,1H3,(H,25,26). The molecule has 174 valence electrons. The first-order chi connectivity index (χ1) is 15.7. The SMILES string of the molecule is COC(=O)N1CCN(S(=O)(=O)c2cc(-c3nc(-c4ccc(Br)c(F)c4)c[nH]3)ccc2Cl)CC1. The van der Waals surface area contributed by atoms with Crippen LogP contribution in [0.1, 0.15) is 0 Å². The Hall–Kier alpha value is -2.47. The van der Waals surface area contributed by atoms with Crippen molar-refractivity contribution >= 4 is 43.6 Å². The number of carbonyl (C=O) groups is 1. The van der Waals surface area contributed by atoms with Crippen molar-refractivity contribution < 1.29 is 22.3 Å². The highest BCUT2D eigenvalue weighted by molar-refractivity contribution is 9.10. The van der Waals surface area contributed by atoms with Gasteiger partial charge >= 0.3 is 6.09 Å². The molecule has 0 aliphatic carbocycles. The van der Waals surface area contributed by atoms with Crippen LogP contribution in [0.4, 0.5) is 9.18 Å². The van der Waals surface area contributed by atoms with Crippen molar-refractivity contribution in [3.63, 3.8) is 0 Å². The highest BCUT2D eigenvalue weighted by Gasteiger charge is 2.32. The number of piperazine rings is 1. The molecule has 1 aromatic heterocycles. The smallest absolute Gasteiger partial charge is 0.409 e. The third-order valence-corrected chi connectivity index (χ3v) is 8.31. The van der Waals surface area contributed by atoms with E-state index in [1.54, 1.807) is 24.4 Å². The number of benzene rings is 2. The molecule has 8 nitrogen and oxygen atoms in total. The molecule has 1 aliphatic rings. The molecular formula is C21H19BrClFN4O4S. The average Bonchev–Trinajstić information content (AvgIpc) is 3.31. The van der Waals surface area contributed by atoms with Crippen LogP contribution in [0.5, 0.6) is 0 Å². The normalized spacial score (nSPS) is 15.0. The van der Waals surface area contributed by atoms with Gasteiger partial charge in [0, 0.05) is 43.5 Å². The average molecular weight is 558 g/mol.